The average molecular weight is 630 g/mol. The van der Waals surface area contributed by atoms with Gasteiger partial charge in [0.1, 0.15) is 0 Å². The number of nitrogens with zero attached hydrogens (tertiary/aromatic N) is 1. The molecule has 9 rings (SSSR count). The Kier molecular flexibility index (Phi) is 7.07. The van der Waals surface area contributed by atoms with Crippen molar-refractivity contribution in [2.75, 3.05) is 4.90 Å². The largest absolute Gasteiger partial charge is 0.311 e. The molecule has 0 atom stereocenters. The van der Waals surface area contributed by atoms with Crippen LogP contribution in [-0.4, -0.2) is 0 Å². The first-order valence-electron chi connectivity index (χ1n) is 16.3. The number of anilines is 3. The van der Waals surface area contributed by atoms with Gasteiger partial charge in [-0.05, 0) is 92.7 Å². The Hall–Kier alpha value is -5.96. The van der Waals surface area contributed by atoms with Crippen molar-refractivity contribution < 1.29 is 0 Å². The van der Waals surface area contributed by atoms with Crippen molar-refractivity contribution in [1.82, 2.24) is 0 Å². The molecule has 0 spiro atoms. The molecule has 1 aromatic heterocycles. The summed E-state index contributed by atoms with van der Waals surface area (Å²) in [6.45, 7) is 0. The molecule has 0 aliphatic rings. The van der Waals surface area contributed by atoms with E-state index in [-0.39, 0.29) is 0 Å². The van der Waals surface area contributed by atoms with Crippen LogP contribution < -0.4 is 4.90 Å². The minimum Gasteiger partial charge on any atom is -0.311 e. The molecular formula is C46H31NS. The zero-order valence-electron chi connectivity index (χ0n) is 26.3. The summed E-state index contributed by atoms with van der Waals surface area (Å²) in [7, 11) is 0. The second-order valence-electron chi connectivity index (χ2n) is 12.1. The van der Waals surface area contributed by atoms with Crippen molar-refractivity contribution in [2.45, 2.75) is 0 Å². The predicted octanol–water partition coefficient (Wildman–Crippen LogP) is 13.7. The van der Waals surface area contributed by atoms with Crippen LogP contribution in [0.5, 0.6) is 0 Å². The second kappa shape index (κ2) is 12.0. The first-order chi connectivity index (χ1) is 23.8. The van der Waals surface area contributed by atoms with E-state index in [2.05, 4.69) is 193 Å². The van der Waals surface area contributed by atoms with E-state index in [4.69, 9.17) is 0 Å². The molecular weight excluding hydrogens is 599 g/mol. The monoisotopic (exact) mass is 629 g/mol. The molecule has 0 bridgehead atoms. The van der Waals surface area contributed by atoms with E-state index in [1.54, 1.807) is 0 Å². The van der Waals surface area contributed by atoms with Gasteiger partial charge in [0.25, 0.3) is 0 Å². The summed E-state index contributed by atoms with van der Waals surface area (Å²) in [4.78, 5) is 2.35. The first kappa shape index (κ1) is 28.3. The van der Waals surface area contributed by atoms with Crippen molar-refractivity contribution in [3.8, 4) is 33.4 Å². The van der Waals surface area contributed by atoms with E-state index in [0.717, 1.165) is 17.1 Å². The van der Waals surface area contributed by atoms with Crippen molar-refractivity contribution in [1.29, 1.82) is 0 Å². The van der Waals surface area contributed by atoms with Crippen molar-refractivity contribution in [2.24, 2.45) is 0 Å². The molecule has 48 heavy (non-hydrogen) atoms. The van der Waals surface area contributed by atoms with E-state index >= 15 is 0 Å². The predicted molar refractivity (Wildman–Crippen MR) is 208 cm³/mol. The topological polar surface area (TPSA) is 3.24 Å². The summed E-state index contributed by atoms with van der Waals surface area (Å²) in [6.07, 6.45) is 0. The van der Waals surface area contributed by atoms with Crippen LogP contribution in [0.4, 0.5) is 17.1 Å². The Labute approximate surface area is 284 Å². The molecule has 0 aliphatic heterocycles. The van der Waals surface area contributed by atoms with Crippen LogP contribution in [0, 0.1) is 0 Å². The molecule has 0 aliphatic carbocycles. The maximum Gasteiger partial charge on any atom is 0.0462 e. The molecule has 226 valence electrons. The number of fused-ring (bicyclic) bond motifs is 5. The van der Waals surface area contributed by atoms with E-state index in [0.29, 0.717) is 0 Å². The Morgan fingerprint density at radius 3 is 1.40 bits per heavy atom. The van der Waals surface area contributed by atoms with Crippen LogP contribution in [0.25, 0.3) is 64.3 Å². The molecule has 0 fully saturated rings. The van der Waals surface area contributed by atoms with E-state index in [9.17, 15) is 0 Å². The SMILES string of the molecule is c1ccc(-c2ccc(N(c3ccc(-c4ccccc4)cc3)c3ccc(-c4cccc5ccc6sc7ccccc7c6c45)cc3)cc2)cc1. The van der Waals surface area contributed by atoms with Crippen LogP contribution in [-0.2, 0) is 0 Å². The smallest absolute Gasteiger partial charge is 0.0462 e. The summed E-state index contributed by atoms with van der Waals surface area (Å²) in [5.41, 5.74) is 10.7. The highest BCUT2D eigenvalue weighted by Crippen LogP contribution is 2.43. The van der Waals surface area contributed by atoms with Gasteiger partial charge in [0.15, 0.2) is 0 Å². The van der Waals surface area contributed by atoms with Crippen LogP contribution in [0.15, 0.2) is 188 Å². The van der Waals surface area contributed by atoms with E-state index < -0.39 is 0 Å². The molecule has 8 aromatic carbocycles. The summed E-state index contributed by atoms with van der Waals surface area (Å²) < 4.78 is 2.66. The highest BCUT2D eigenvalue weighted by Gasteiger charge is 2.16. The molecule has 2 heteroatoms. The third kappa shape index (κ3) is 5.04. The number of thiophene rings is 1. The molecule has 0 saturated carbocycles. The summed E-state index contributed by atoms with van der Waals surface area (Å²) in [5.74, 6) is 0. The van der Waals surface area contributed by atoms with Gasteiger partial charge in [0.05, 0.1) is 0 Å². The lowest BCUT2D eigenvalue weighted by molar-refractivity contribution is 1.28. The van der Waals surface area contributed by atoms with Crippen molar-refractivity contribution in [3.63, 3.8) is 0 Å². The third-order valence-corrected chi connectivity index (χ3v) is 10.4. The van der Waals surface area contributed by atoms with Crippen LogP contribution in [0.1, 0.15) is 0 Å². The fourth-order valence-electron chi connectivity index (χ4n) is 6.94. The van der Waals surface area contributed by atoms with Gasteiger partial charge >= 0.3 is 0 Å². The lowest BCUT2D eigenvalue weighted by Gasteiger charge is -2.26. The molecule has 0 radical (unpaired) electrons. The molecule has 1 nitrogen and oxygen atoms in total. The highest BCUT2D eigenvalue weighted by atomic mass is 32.1. The Bertz CT molecular complexity index is 2430. The standard InChI is InChI=1S/C46H31NS/c1-3-10-32(11-4-1)34-18-25-38(26-19-34)47(39-27-20-35(21-28-39)33-12-5-2-6-13-33)40-29-22-36(23-30-40)41-16-9-14-37-24-31-44-46(45(37)41)42-15-7-8-17-43(42)48-44/h1-31H. The first-order valence-corrected chi connectivity index (χ1v) is 17.2. The van der Waals surface area contributed by atoms with E-state index in [1.807, 2.05) is 11.3 Å². The minimum absolute atomic E-state index is 1.12. The summed E-state index contributed by atoms with van der Waals surface area (Å²) in [5, 5.41) is 5.28. The third-order valence-electron chi connectivity index (χ3n) is 9.29. The van der Waals surface area contributed by atoms with Crippen molar-refractivity contribution >= 4 is 59.3 Å². The molecule has 9 aromatic rings. The van der Waals surface area contributed by atoms with Gasteiger partial charge in [0, 0.05) is 37.2 Å². The van der Waals surface area contributed by atoms with Gasteiger partial charge in [-0.2, -0.15) is 0 Å². The Balaban J connectivity index is 1.15. The van der Waals surface area contributed by atoms with Gasteiger partial charge in [-0.15, -0.1) is 11.3 Å². The number of rotatable bonds is 6. The Morgan fingerprint density at radius 1 is 0.312 bits per heavy atom. The molecule has 0 amide bonds. The highest BCUT2D eigenvalue weighted by molar-refractivity contribution is 7.26. The lowest BCUT2D eigenvalue weighted by Crippen LogP contribution is -2.09. The zero-order valence-corrected chi connectivity index (χ0v) is 27.1. The molecule has 0 N–H and O–H groups in total. The number of benzene rings is 8. The quantitative estimate of drug-likeness (QED) is 0.177. The van der Waals surface area contributed by atoms with Gasteiger partial charge in [-0.3, -0.25) is 0 Å². The summed E-state index contributed by atoms with van der Waals surface area (Å²) in [6, 6.07) is 68.0. The fourth-order valence-corrected chi connectivity index (χ4v) is 8.05. The van der Waals surface area contributed by atoms with E-state index in [1.165, 1.54) is 64.3 Å². The second-order valence-corrected chi connectivity index (χ2v) is 13.2. The maximum atomic E-state index is 2.35. The van der Waals surface area contributed by atoms with Crippen molar-refractivity contribution in [3.05, 3.63) is 188 Å². The summed E-state index contributed by atoms with van der Waals surface area (Å²) >= 11 is 1.87. The minimum atomic E-state index is 1.12. The number of hydrogen-bond donors (Lipinski definition) is 0. The zero-order chi connectivity index (χ0) is 31.9. The normalized spacial score (nSPS) is 11.3. The van der Waals surface area contributed by atoms with Crippen LogP contribution >= 0.6 is 11.3 Å². The maximum absolute atomic E-state index is 2.35. The molecule has 1 heterocycles. The fraction of sp³-hybridized carbons (Fsp3) is 0. The van der Waals surface area contributed by atoms with Gasteiger partial charge < -0.3 is 4.90 Å². The van der Waals surface area contributed by atoms with Gasteiger partial charge in [0.2, 0.25) is 0 Å². The number of hydrogen-bond acceptors (Lipinski definition) is 2. The van der Waals surface area contributed by atoms with Gasteiger partial charge in [-0.1, -0.05) is 140 Å². The van der Waals surface area contributed by atoms with Gasteiger partial charge in [-0.25, -0.2) is 0 Å². The van der Waals surface area contributed by atoms with Crippen LogP contribution in [0.2, 0.25) is 0 Å². The lowest BCUT2D eigenvalue weighted by atomic mass is 9.94. The average Bonchev–Trinajstić information content (AvgIpc) is 3.55. The molecule has 0 unspecified atom stereocenters. The van der Waals surface area contributed by atoms with Crippen LogP contribution in [0.3, 0.4) is 0 Å². The molecule has 0 saturated heterocycles. The Morgan fingerprint density at radius 2 is 0.812 bits per heavy atom.